The highest BCUT2D eigenvalue weighted by molar-refractivity contribution is 5.87. The van der Waals surface area contributed by atoms with Gasteiger partial charge in [0.25, 0.3) is 0 Å². The van der Waals surface area contributed by atoms with Crippen molar-refractivity contribution < 1.29 is 19.4 Å². The van der Waals surface area contributed by atoms with Crippen molar-refractivity contribution in [2.45, 2.75) is 39.3 Å². The van der Waals surface area contributed by atoms with E-state index < -0.39 is 12.0 Å². The second-order valence-corrected chi connectivity index (χ2v) is 4.40. The Morgan fingerprint density at radius 1 is 1.50 bits per heavy atom. The van der Waals surface area contributed by atoms with Gasteiger partial charge in [-0.3, -0.25) is 4.79 Å². The molecule has 5 nitrogen and oxygen atoms in total. The van der Waals surface area contributed by atoms with Crippen LogP contribution in [-0.2, 0) is 14.3 Å². The first-order valence-electron chi connectivity index (χ1n) is 5.62. The SMILES string of the molecule is CCOC1CC1C(=O)N[C@H](C(=O)O)C(C)C. The van der Waals surface area contributed by atoms with Crippen LogP contribution in [0.4, 0.5) is 0 Å². The molecule has 0 radical (unpaired) electrons. The van der Waals surface area contributed by atoms with Crippen LogP contribution >= 0.6 is 0 Å². The maximum atomic E-state index is 11.7. The predicted molar refractivity (Wildman–Crippen MR) is 57.9 cm³/mol. The van der Waals surface area contributed by atoms with Crippen molar-refractivity contribution in [3.05, 3.63) is 0 Å². The van der Waals surface area contributed by atoms with E-state index in [9.17, 15) is 9.59 Å². The number of hydrogen-bond donors (Lipinski definition) is 2. The number of hydrogen-bond acceptors (Lipinski definition) is 3. The number of ether oxygens (including phenoxy) is 1. The molecule has 0 aliphatic heterocycles. The molecule has 2 N–H and O–H groups in total. The lowest BCUT2D eigenvalue weighted by atomic mass is 10.0. The molecule has 0 spiro atoms. The van der Waals surface area contributed by atoms with Crippen LogP contribution in [-0.4, -0.2) is 35.7 Å². The first kappa shape index (κ1) is 13.0. The number of carboxylic acid groups (broad SMARTS) is 1. The average Bonchev–Trinajstić information content (AvgIpc) is 2.92. The van der Waals surface area contributed by atoms with Crippen molar-refractivity contribution in [1.82, 2.24) is 5.32 Å². The Morgan fingerprint density at radius 2 is 2.12 bits per heavy atom. The topological polar surface area (TPSA) is 75.6 Å². The van der Waals surface area contributed by atoms with Gasteiger partial charge in [0.2, 0.25) is 5.91 Å². The van der Waals surface area contributed by atoms with Crippen LogP contribution in [0.5, 0.6) is 0 Å². The molecule has 3 atom stereocenters. The Hall–Kier alpha value is -1.10. The van der Waals surface area contributed by atoms with Gasteiger partial charge in [-0.25, -0.2) is 4.79 Å². The largest absolute Gasteiger partial charge is 0.480 e. The van der Waals surface area contributed by atoms with Gasteiger partial charge in [-0.15, -0.1) is 0 Å². The third-order valence-electron chi connectivity index (χ3n) is 2.68. The van der Waals surface area contributed by atoms with E-state index in [1.807, 2.05) is 6.92 Å². The van der Waals surface area contributed by atoms with E-state index in [2.05, 4.69) is 5.32 Å². The van der Waals surface area contributed by atoms with Crippen LogP contribution in [0, 0.1) is 11.8 Å². The highest BCUT2D eigenvalue weighted by atomic mass is 16.5. The van der Waals surface area contributed by atoms with E-state index >= 15 is 0 Å². The Bertz CT molecular complexity index is 277. The zero-order valence-electron chi connectivity index (χ0n) is 9.90. The molecule has 2 unspecified atom stereocenters. The molecule has 0 aromatic carbocycles. The summed E-state index contributed by atoms with van der Waals surface area (Å²) in [6, 6.07) is -0.810. The van der Waals surface area contributed by atoms with Crippen LogP contribution in [0.15, 0.2) is 0 Å². The monoisotopic (exact) mass is 229 g/mol. The van der Waals surface area contributed by atoms with Gasteiger partial charge >= 0.3 is 5.97 Å². The average molecular weight is 229 g/mol. The van der Waals surface area contributed by atoms with Crippen molar-refractivity contribution in [2.75, 3.05) is 6.61 Å². The van der Waals surface area contributed by atoms with E-state index in [1.54, 1.807) is 13.8 Å². The highest BCUT2D eigenvalue weighted by Gasteiger charge is 2.45. The summed E-state index contributed by atoms with van der Waals surface area (Å²) in [5.74, 6) is -1.48. The van der Waals surface area contributed by atoms with Crippen molar-refractivity contribution >= 4 is 11.9 Å². The minimum Gasteiger partial charge on any atom is -0.480 e. The molecule has 1 amide bonds. The molecule has 0 saturated heterocycles. The second kappa shape index (κ2) is 5.30. The minimum absolute atomic E-state index is 0.0217. The molecule has 5 heteroatoms. The number of carbonyl (C=O) groups is 2. The molecule has 16 heavy (non-hydrogen) atoms. The molecule has 1 saturated carbocycles. The van der Waals surface area contributed by atoms with Gasteiger partial charge in [-0.2, -0.15) is 0 Å². The zero-order chi connectivity index (χ0) is 12.3. The maximum Gasteiger partial charge on any atom is 0.326 e. The summed E-state index contributed by atoms with van der Waals surface area (Å²) in [5.41, 5.74) is 0. The Labute approximate surface area is 95.2 Å². The van der Waals surface area contributed by atoms with E-state index in [0.717, 1.165) is 0 Å². The van der Waals surface area contributed by atoms with Crippen molar-refractivity contribution in [3.63, 3.8) is 0 Å². The summed E-state index contributed by atoms with van der Waals surface area (Å²) >= 11 is 0. The van der Waals surface area contributed by atoms with E-state index in [4.69, 9.17) is 9.84 Å². The quantitative estimate of drug-likeness (QED) is 0.700. The maximum absolute atomic E-state index is 11.7. The normalized spacial score (nSPS) is 25.2. The van der Waals surface area contributed by atoms with Crippen LogP contribution in [0.25, 0.3) is 0 Å². The molecule has 1 aliphatic carbocycles. The lowest BCUT2D eigenvalue weighted by Gasteiger charge is -2.17. The second-order valence-electron chi connectivity index (χ2n) is 4.40. The third-order valence-corrected chi connectivity index (χ3v) is 2.68. The summed E-state index contributed by atoms with van der Waals surface area (Å²) in [6.45, 7) is 6.00. The Balaban J connectivity index is 2.42. The molecule has 92 valence electrons. The van der Waals surface area contributed by atoms with Crippen LogP contribution < -0.4 is 5.32 Å². The summed E-state index contributed by atoms with van der Waals surface area (Å²) < 4.78 is 5.28. The predicted octanol–water partition coefficient (Wildman–Crippen LogP) is 0.637. The van der Waals surface area contributed by atoms with E-state index in [0.29, 0.717) is 13.0 Å². The highest BCUT2D eigenvalue weighted by Crippen LogP contribution is 2.33. The van der Waals surface area contributed by atoms with Crippen molar-refractivity contribution in [3.8, 4) is 0 Å². The molecule has 0 bridgehead atoms. The summed E-state index contributed by atoms with van der Waals surface area (Å²) in [7, 11) is 0. The van der Waals surface area contributed by atoms with Crippen molar-refractivity contribution in [1.29, 1.82) is 0 Å². The molecule has 0 aromatic rings. The smallest absolute Gasteiger partial charge is 0.326 e. The van der Waals surface area contributed by atoms with Gasteiger partial charge in [-0.1, -0.05) is 13.8 Å². The number of aliphatic carboxylic acids is 1. The first-order valence-corrected chi connectivity index (χ1v) is 5.62. The number of rotatable bonds is 6. The van der Waals surface area contributed by atoms with Gasteiger partial charge in [0.05, 0.1) is 12.0 Å². The van der Waals surface area contributed by atoms with Crippen LogP contribution in [0.1, 0.15) is 27.2 Å². The molecule has 1 aliphatic rings. The fourth-order valence-electron chi connectivity index (χ4n) is 1.62. The van der Waals surface area contributed by atoms with Crippen LogP contribution in [0.2, 0.25) is 0 Å². The number of carboxylic acids is 1. The van der Waals surface area contributed by atoms with E-state index in [1.165, 1.54) is 0 Å². The third kappa shape index (κ3) is 3.20. The standard InChI is InChI=1S/C11H19NO4/c1-4-16-8-5-7(8)10(13)12-9(6(2)3)11(14)15/h6-9H,4-5H2,1-3H3,(H,12,13)(H,14,15)/t7?,8?,9-/m0/s1. The summed E-state index contributed by atoms with van der Waals surface area (Å²) in [5, 5.41) is 11.5. The molecule has 0 aromatic heterocycles. The molecule has 1 rings (SSSR count). The molecule has 0 heterocycles. The number of nitrogens with one attached hydrogen (secondary N) is 1. The van der Waals surface area contributed by atoms with E-state index in [-0.39, 0.29) is 23.8 Å². The Kier molecular flexibility index (Phi) is 4.29. The molecule has 1 fully saturated rings. The lowest BCUT2D eigenvalue weighted by molar-refractivity contribution is -0.143. The van der Waals surface area contributed by atoms with Gasteiger partial charge in [0, 0.05) is 6.61 Å². The zero-order valence-corrected chi connectivity index (χ0v) is 9.90. The summed E-state index contributed by atoms with van der Waals surface area (Å²) in [6.07, 6.45) is 0.677. The number of carbonyl (C=O) groups excluding carboxylic acids is 1. The molecular weight excluding hydrogens is 210 g/mol. The van der Waals surface area contributed by atoms with Crippen LogP contribution in [0.3, 0.4) is 0 Å². The fourth-order valence-corrected chi connectivity index (χ4v) is 1.62. The van der Waals surface area contributed by atoms with Gasteiger partial charge < -0.3 is 15.2 Å². The van der Waals surface area contributed by atoms with Crippen molar-refractivity contribution in [2.24, 2.45) is 11.8 Å². The Morgan fingerprint density at radius 3 is 2.56 bits per heavy atom. The fraction of sp³-hybridized carbons (Fsp3) is 0.818. The minimum atomic E-state index is -0.989. The first-order chi connectivity index (χ1) is 7.47. The van der Waals surface area contributed by atoms with Gasteiger partial charge in [0.1, 0.15) is 6.04 Å². The van der Waals surface area contributed by atoms with Gasteiger partial charge in [0.15, 0.2) is 0 Å². The van der Waals surface area contributed by atoms with Gasteiger partial charge in [-0.05, 0) is 19.3 Å². The lowest BCUT2D eigenvalue weighted by Crippen LogP contribution is -2.45. The summed E-state index contributed by atoms with van der Waals surface area (Å²) in [4.78, 5) is 22.5. The molecular formula is C11H19NO4. The number of amides is 1.